The second kappa shape index (κ2) is 5.35. The fraction of sp³-hybridized carbons (Fsp3) is 0.250. The van der Waals surface area contributed by atoms with Crippen LogP contribution in [0.25, 0.3) is 16.6 Å². The number of benzene rings is 1. The van der Waals surface area contributed by atoms with Gasteiger partial charge in [-0.15, -0.1) is 0 Å². The molecule has 0 aliphatic heterocycles. The maximum Gasteiger partial charge on any atom is 0.325 e. The summed E-state index contributed by atoms with van der Waals surface area (Å²) in [5.41, 5.74) is 3.42. The average Bonchev–Trinajstić information content (AvgIpc) is 2.92. The molecule has 1 N–H and O–H groups in total. The molecule has 2 heterocycles. The lowest BCUT2D eigenvalue weighted by Crippen LogP contribution is -2.28. The van der Waals surface area contributed by atoms with Crippen molar-refractivity contribution in [1.82, 2.24) is 19.6 Å². The van der Waals surface area contributed by atoms with Crippen LogP contribution in [0.4, 0.5) is 0 Å². The number of aryl methyl sites for hydroxylation is 3. The summed E-state index contributed by atoms with van der Waals surface area (Å²) in [7, 11) is 0. The van der Waals surface area contributed by atoms with Crippen LogP contribution in [0.2, 0.25) is 0 Å². The molecule has 0 saturated carbocycles. The molecule has 0 unspecified atom stereocenters. The van der Waals surface area contributed by atoms with Gasteiger partial charge in [-0.25, -0.2) is 9.36 Å². The molecular weight excluding hydrogens is 296 g/mol. The Kier molecular flexibility index (Phi) is 3.48. The third kappa shape index (κ3) is 2.50. The Morgan fingerprint density at radius 1 is 1.22 bits per heavy atom. The van der Waals surface area contributed by atoms with Gasteiger partial charge in [-0.2, -0.15) is 10.2 Å². The van der Waals surface area contributed by atoms with E-state index in [4.69, 9.17) is 5.11 Å². The molecule has 118 valence electrons. The minimum Gasteiger partial charge on any atom is -0.480 e. The second-order valence-electron chi connectivity index (χ2n) is 5.53. The molecule has 0 spiro atoms. The highest BCUT2D eigenvalue weighted by Gasteiger charge is 2.16. The van der Waals surface area contributed by atoms with E-state index in [9.17, 15) is 9.59 Å². The normalized spacial score (nSPS) is 11.1. The predicted molar refractivity (Wildman–Crippen MR) is 85.0 cm³/mol. The van der Waals surface area contributed by atoms with Crippen LogP contribution in [0.15, 0.2) is 29.2 Å². The van der Waals surface area contributed by atoms with Crippen molar-refractivity contribution in [1.29, 1.82) is 0 Å². The molecule has 3 aromatic rings. The van der Waals surface area contributed by atoms with E-state index < -0.39 is 18.1 Å². The van der Waals surface area contributed by atoms with Crippen molar-refractivity contribution in [3.05, 3.63) is 51.6 Å². The fourth-order valence-electron chi connectivity index (χ4n) is 2.51. The lowest BCUT2D eigenvalue weighted by atomic mass is 10.1. The second-order valence-corrected chi connectivity index (χ2v) is 5.53. The molecule has 23 heavy (non-hydrogen) atoms. The topological polar surface area (TPSA) is 90.0 Å². The third-order valence-corrected chi connectivity index (χ3v) is 3.89. The summed E-state index contributed by atoms with van der Waals surface area (Å²) in [6.45, 7) is 5.24. The first-order valence-electron chi connectivity index (χ1n) is 7.13. The Morgan fingerprint density at radius 3 is 2.61 bits per heavy atom. The molecule has 0 fully saturated rings. The highest BCUT2D eigenvalue weighted by molar-refractivity contribution is 5.81. The van der Waals surface area contributed by atoms with Crippen LogP contribution in [-0.4, -0.2) is 30.6 Å². The number of fused-ring (bicyclic) bond motifs is 1. The van der Waals surface area contributed by atoms with Crippen LogP contribution < -0.4 is 5.56 Å². The third-order valence-electron chi connectivity index (χ3n) is 3.89. The van der Waals surface area contributed by atoms with E-state index >= 15 is 0 Å². The van der Waals surface area contributed by atoms with Gasteiger partial charge < -0.3 is 5.11 Å². The van der Waals surface area contributed by atoms with Gasteiger partial charge in [0.2, 0.25) is 0 Å². The number of hydrogen-bond acceptors (Lipinski definition) is 4. The largest absolute Gasteiger partial charge is 0.480 e. The van der Waals surface area contributed by atoms with Crippen LogP contribution in [0, 0.1) is 20.8 Å². The van der Waals surface area contributed by atoms with Gasteiger partial charge in [-0.1, -0.05) is 6.07 Å². The number of aliphatic carboxylic acids is 1. The van der Waals surface area contributed by atoms with Gasteiger partial charge in [0.25, 0.3) is 5.56 Å². The van der Waals surface area contributed by atoms with Gasteiger partial charge in [0, 0.05) is 5.39 Å². The van der Waals surface area contributed by atoms with Crippen LogP contribution in [0.5, 0.6) is 0 Å². The highest BCUT2D eigenvalue weighted by atomic mass is 16.4. The molecule has 0 bridgehead atoms. The average molecular weight is 312 g/mol. The van der Waals surface area contributed by atoms with Gasteiger partial charge in [0.15, 0.2) is 0 Å². The van der Waals surface area contributed by atoms with Gasteiger partial charge in [-0.3, -0.25) is 9.59 Å². The molecule has 0 atom stereocenters. The Balaban J connectivity index is 2.30. The van der Waals surface area contributed by atoms with E-state index in [-0.39, 0.29) is 0 Å². The monoisotopic (exact) mass is 312 g/mol. The first-order valence-corrected chi connectivity index (χ1v) is 7.13. The molecule has 7 heteroatoms. The summed E-state index contributed by atoms with van der Waals surface area (Å²) >= 11 is 0. The summed E-state index contributed by atoms with van der Waals surface area (Å²) < 4.78 is 2.50. The summed E-state index contributed by atoms with van der Waals surface area (Å²) in [4.78, 5) is 23.5. The van der Waals surface area contributed by atoms with Gasteiger partial charge >= 0.3 is 5.97 Å². The zero-order chi connectivity index (χ0) is 16.7. The Morgan fingerprint density at radius 2 is 1.96 bits per heavy atom. The summed E-state index contributed by atoms with van der Waals surface area (Å²) in [6, 6.07) is 5.78. The first-order chi connectivity index (χ1) is 10.9. The Labute approximate surface area is 131 Å². The van der Waals surface area contributed by atoms with E-state index in [0.29, 0.717) is 16.6 Å². The molecule has 1 aromatic carbocycles. The number of carbonyl (C=O) groups is 1. The van der Waals surface area contributed by atoms with E-state index in [1.165, 1.54) is 4.68 Å². The minimum absolute atomic E-state index is 0.335. The predicted octanol–water partition coefficient (Wildman–Crippen LogP) is 1.59. The number of rotatable bonds is 3. The fourth-order valence-corrected chi connectivity index (χ4v) is 2.51. The number of carboxylic acids is 1. The molecule has 0 aliphatic carbocycles. The van der Waals surface area contributed by atoms with Crippen molar-refractivity contribution in [2.75, 3.05) is 0 Å². The SMILES string of the molecule is Cc1ccc(-n2ncc3c(C)nn(CC(=O)O)c(=O)c32)cc1C. The summed E-state index contributed by atoms with van der Waals surface area (Å²) in [5, 5.41) is 17.9. The van der Waals surface area contributed by atoms with Crippen LogP contribution >= 0.6 is 0 Å². The van der Waals surface area contributed by atoms with Crippen molar-refractivity contribution < 1.29 is 9.90 Å². The lowest BCUT2D eigenvalue weighted by molar-refractivity contribution is -0.138. The van der Waals surface area contributed by atoms with Crippen molar-refractivity contribution >= 4 is 16.9 Å². The van der Waals surface area contributed by atoms with Gasteiger partial charge in [0.05, 0.1) is 17.6 Å². The van der Waals surface area contributed by atoms with Crippen LogP contribution in [0.1, 0.15) is 16.8 Å². The maximum absolute atomic E-state index is 12.6. The molecule has 0 aliphatic rings. The summed E-state index contributed by atoms with van der Waals surface area (Å²) in [6.07, 6.45) is 1.58. The van der Waals surface area contributed by atoms with E-state index in [0.717, 1.165) is 21.5 Å². The zero-order valence-corrected chi connectivity index (χ0v) is 13.1. The van der Waals surface area contributed by atoms with Gasteiger partial charge in [0.1, 0.15) is 12.1 Å². The standard InChI is InChI=1S/C16H16N4O3/c1-9-4-5-12(6-10(9)2)20-15-13(7-17-20)11(3)18-19(16(15)23)8-14(21)22/h4-7H,8H2,1-3H3,(H,21,22). The summed E-state index contributed by atoms with van der Waals surface area (Å²) in [5.74, 6) is -1.12. The first kappa shape index (κ1) is 15.0. The highest BCUT2D eigenvalue weighted by Crippen LogP contribution is 2.19. The molecule has 7 nitrogen and oxygen atoms in total. The molecular formula is C16H16N4O3. The van der Waals surface area contributed by atoms with E-state index in [1.807, 2.05) is 32.0 Å². The minimum atomic E-state index is -1.12. The van der Waals surface area contributed by atoms with Gasteiger partial charge in [-0.05, 0) is 44.0 Å². The van der Waals surface area contributed by atoms with Crippen molar-refractivity contribution in [2.24, 2.45) is 0 Å². The number of aromatic nitrogens is 4. The zero-order valence-electron chi connectivity index (χ0n) is 13.1. The molecule has 0 radical (unpaired) electrons. The van der Waals surface area contributed by atoms with Crippen molar-refractivity contribution in [3.63, 3.8) is 0 Å². The lowest BCUT2D eigenvalue weighted by Gasteiger charge is -2.08. The Bertz CT molecular complexity index is 985. The number of hydrogen-bond donors (Lipinski definition) is 1. The molecule has 0 saturated heterocycles. The Hall–Kier alpha value is -2.96. The van der Waals surface area contributed by atoms with E-state index in [2.05, 4.69) is 10.2 Å². The van der Waals surface area contributed by atoms with Crippen molar-refractivity contribution in [3.8, 4) is 5.69 Å². The molecule has 2 aromatic heterocycles. The molecule has 0 amide bonds. The quantitative estimate of drug-likeness (QED) is 0.793. The number of carboxylic acid groups (broad SMARTS) is 1. The number of nitrogens with zero attached hydrogens (tertiary/aromatic N) is 4. The maximum atomic E-state index is 12.6. The van der Waals surface area contributed by atoms with Crippen LogP contribution in [0.3, 0.4) is 0 Å². The molecule has 3 rings (SSSR count). The van der Waals surface area contributed by atoms with Crippen LogP contribution in [-0.2, 0) is 11.3 Å². The van der Waals surface area contributed by atoms with Crippen molar-refractivity contribution in [2.45, 2.75) is 27.3 Å². The van der Waals surface area contributed by atoms with E-state index in [1.54, 1.807) is 13.1 Å². The smallest absolute Gasteiger partial charge is 0.325 e.